The van der Waals surface area contributed by atoms with Crippen LogP contribution >= 0.6 is 0 Å². The van der Waals surface area contributed by atoms with E-state index in [1.165, 1.54) is 0 Å². The van der Waals surface area contributed by atoms with Crippen molar-refractivity contribution in [2.24, 2.45) is 0 Å². The molecule has 6 heteroatoms. The van der Waals surface area contributed by atoms with E-state index in [-0.39, 0.29) is 5.25 Å². The van der Waals surface area contributed by atoms with Crippen LogP contribution in [0.15, 0.2) is 0 Å². The molecule has 5 nitrogen and oxygen atoms in total. The van der Waals surface area contributed by atoms with Gasteiger partial charge in [0.15, 0.2) is 0 Å². The van der Waals surface area contributed by atoms with Gasteiger partial charge in [-0.2, -0.15) is 4.31 Å². The third-order valence-electron chi connectivity index (χ3n) is 3.36. The van der Waals surface area contributed by atoms with Gasteiger partial charge in [0, 0.05) is 38.8 Å². The molecule has 0 saturated carbocycles. The zero-order chi connectivity index (χ0) is 13.1. The molecule has 1 aliphatic heterocycles. The number of nitrogens with zero attached hydrogens (tertiary/aromatic N) is 2. The van der Waals surface area contributed by atoms with E-state index >= 15 is 0 Å². The van der Waals surface area contributed by atoms with Crippen molar-refractivity contribution < 1.29 is 8.42 Å². The van der Waals surface area contributed by atoms with Crippen LogP contribution in [-0.2, 0) is 10.0 Å². The summed E-state index contributed by atoms with van der Waals surface area (Å²) >= 11 is 0. The number of rotatable bonds is 5. The Balaban J connectivity index is 2.58. The van der Waals surface area contributed by atoms with Gasteiger partial charge in [0.2, 0.25) is 10.0 Å². The molecule has 0 aromatic rings. The summed E-state index contributed by atoms with van der Waals surface area (Å²) in [6, 6.07) is 0.495. The molecule has 1 aliphatic rings. The molecule has 1 unspecified atom stereocenters. The highest BCUT2D eigenvalue weighted by Crippen LogP contribution is 2.13. The average Bonchev–Trinajstić information content (AvgIpc) is 2.29. The second-order valence-electron chi connectivity index (χ2n) is 4.94. The highest BCUT2D eigenvalue weighted by atomic mass is 32.2. The summed E-state index contributed by atoms with van der Waals surface area (Å²) in [6.07, 6.45) is 0. The molecular formula is C11H25N3O2S. The van der Waals surface area contributed by atoms with Crippen molar-refractivity contribution in [2.45, 2.75) is 32.1 Å². The molecule has 1 atom stereocenters. The van der Waals surface area contributed by atoms with Crippen LogP contribution in [0.2, 0.25) is 0 Å². The Labute approximate surface area is 105 Å². The van der Waals surface area contributed by atoms with E-state index in [9.17, 15) is 8.42 Å². The Morgan fingerprint density at radius 2 is 1.65 bits per heavy atom. The van der Waals surface area contributed by atoms with Gasteiger partial charge in [0.1, 0.15) is 0 Å². The van der Waals surface area contributed by atoms with Gasteiger partial charge in [-0.3, -0.25) is 4.90 Å². The maximum Gasteiger partial charge on any atom is 0.218 e. The van der Waals surface area contributed by atoms with Gasteiger partial charge in [-0.15, -0.1) is 0 Å². The Kier molecular flexibility index (Phi) is 5.37. The molecule has 102 valence electrons. The first-order valence-corrected chi connectivity index (χ1v) is 7.77. The molecule has 1 fully saturated rings. The normalized spacial score (nSPS) is 21.9. The lowest BCUT2D eigenvalue weighted by molar-refractivity contribution is 0.153. The molecule has 1 heterocycles. The van der Waals surface area contributed by atoms with Crippen LogP contribution in [0.1, 0.15) is 20.8 Å². The summed E-state index contributed by atoms with van der Waals surface area (Å²) in [5.74, 6) is 0. The maximum absolute atomic E-state index is 12.2. The Bertz CT molecular complexity index is 322. The molecule has 1 N–H and O–H groups in total. The van der Waals surface area contributed by atoms with Gasteiger partial charge in [0.25, 0.3) is 0 Å². The number of nitrogens with one attached hydrogen (secondary N) is 1. The summed E-state index contributed by atoms with van der Waals surface area (Å²) in [6.45, 7) is 9.48. The van der Waals surface area contributed by atoms with Crippen LogP contribution in [0.4, 0.5) is 0 Å². The topological polar surface area (TPSA) is 52.7 Å². The number of piperazine rings is 1. The standard InChI is InChI=1S/C11H25N3O2S/c1-10(2)13-5-7-14(8-6-13)17(15,16)11(3)9-12-4/h10-12H,5-9H2,1-4H3. The average molecular weight is 263 g/mol. The Morgan fingerprint density at radius 1 is 1.12 bits per heavy atom. The molecule has 0 aromatic carbocycles. The van der Waals surface area contributed by atoms with Crippen molar-refractivity contribution in [1.29, 1.82) is 0 Å². The minimum atomic E-state index is -3.13. The van der Waals surface area contributed by atoms with E-state index in [0.29, 0.717) is 25.7 Å². The summed E-state index contributed by atoms with van der Waals surface area (Å²) in [4.78, 5) is 2.31. The van der Waals surface area contributed by atoms with Crippen molar-refractivity contribution in [3.8, 4) is 0 Å². The zero-order valence-electron chi connectivity index (χ0n) is 11.3. The first kappa shape index (κ1) is 14.9. The minimum Gasteiger partial charge on any atom is -0.318 e. The van der Waals surface area contributed by atoms with Crippen molar-refractivity contribution in [3.05, 3.63) is 0 Å². The smallest absolute Gasteiger partial charge is 0.218 e. The third kappa shape index (κ3) is 3.64. The summed E-state index contributed by atoms with van der Waals surface area (Å²) in [5, 5.41) is 2.57. The lowest BCUT2D eigenvalue weighted by atomic mass is 10.3. The summed E-state index contributed by atoms with van der Waals surface area (Å²) in [5.41, 5.74) is 0. The van der Waals surface area contributed by atoms with E-state index in [4.69, 9.17) is 0 Å². The van der Waals surface area contributed by atoms with E-state index in [2.05, 4.69) is 24.1 Å². The molecule has 0 aliphatic carbocycles. The van der Waals surface area contributed by atoms with Gasteiger partial charge in [-0.05, 0) is 27.8 Å². The van der Waals surface area contributed by atoms with E-state index < -0.39 is 10.0 Å². The van der Waals surface area contributed by atoms with Crippen LogP contribution in [0.25, 0.3) is 0 Å². The van der Waals surface area contributed by atoms with E-state index in [0.717, 1.165) is 13.1 Å². The van der Waals surface area contributed by atoms with Crippen LogP contribution in [0, 0.1) is 0 Å². The molecule has 0 amide bonds. The monoisotopic (exact) mass is 263 g/mol. The van der Waals surface area contributed by atoms with Crippen LogP contribution in [-0.4, -0.2) is 68.7 Å². The van der Waals surface area contributed by atoms with Crippen molar-refractivity contribution in [3.63, 3.8) is 0 Å². The molecule has 0 bridgehead atoms. The highest BCUT2D eigenvalue weighted by molar-refractivity contribution is 7.89. The predicted molar refractivity (Wildman–Crippen MR) is 70.6 cm³/mol. The second-order valence-corrected chi connectivity index (χ2v) is 7.29. The van der Waals surface area contributed by atoms with Crippen molar-refractivity contribution in [1.82, 2.24) is 14.5 Å². The Hall–Kier alpha value is -0.170. The lowest BCUT2D eigenvalue weighted by Gasteiger charge is -2.37. The highest BCUT2D eigenvalue weighted by Gasteiger charge is 2.31. The summed E-state index contributed by atoms with van der Waals surface area (Å²) < 4.78 is 26.1. The van der Waals surface area contributed by atoms with Crippen molar-refractivity contribution >= 4 is 10.0 Å². The largest absolute Gasteiger partial charge is 0.318 e. The molecule has 0 spiro atoms. The molecule has 0 aromatic heterocycles. The fourth-order valence-corrected chi connectivity index (χ4v) is 3.68. The zero-order valence-corrected chi connectivity index (χ0v) is 12.1. The first-order chi connectivity index (χ1) is 7.89. The minimum absolute atomic E-state index is 0.349. The van der Waals surface area contributed by atoms with Gasteiger partial charge in [0.05, 0.1) is 5.25 Å². The fraction of sp³-hybridized carbons (Fsp3) is 1.00. The first-order valence-electron chi connectivity index (χ1n) is 6.27. The van der Waals surface area contributed by atoms with Crippen LogP contribution in [0.5, 0.6) is 0 Å². The van der Waals surface area contributed by atoms with Crippen LogP contribution in [0.3, 0.4) is 0 Å². The van der Waals surface area contributed by atoms with Gasteiger partial charge >= 0.3 is 0 Å². The molecule has 17 heavy (non-hydrogen) atoms. The quantitative estimate of drug-likeness (QED) is 0.756. The van der Waals surface area contributed by atoms with E-state index in [1.54, 1.807) is 18.3 Å². The SMILES string of the molecule is CNCC(C)S(=O)(=O)N1CCN(C(C)C)CC1. The fourth-order valence-electron chi connectivity index (χ4n) is 2.12. The van der Waals surface area contributed by atoms with Crippen molar-refractivity contribution in [2.75, 3.05) is 39.8 Å². The van der Waals surface area contributed by atoms with Gasteiger partial charge in [-0.1, -0.05) is 0 Å². The molecule has 0 radical (unpaired) electrons. The summed E-state index contributed by atoms with van der Waals surface area (Å²) in [7, 11) is -1.35. The molecule has 1 saturated heterocycles. The van der Waals surface area contributed by atoms with Gasteiger partial charge < -0.3 is 5.32 Å². The number of hydrogen-bond donors (Lipinski definition) is 1. The second kappa shape index (κ2) is 6.13. The Morgan fingerprint density at radius 3 is 2.06 bits per heavy atom. The maximum atomic E-state index is 12.2. The van der Waals surface area contributed by atoms with Crippen LogP contribution < -0.4 is 5.32 Å². The molecular weight excluding hydrogens is 238 g/mol. The molecule has 1 rings (SSSR count). The third-order valence-corrected chi connectivity index (χ3v) is 5.63. The lowest BCUT2D eigenvalue weighted by Crippen LogP contribution is -2.53. The number of sulfonamides is 1. The number of hydrogen-bond acceptors (Lipinski definition) is 4. The predicted octanol–water partition coefficient (Wildman–Crippen LogP) is -0.0499. The van der Waals surface area contributed by atoms with E-state index in [1.807, 2.05) is 0 Å². The van der Waals surface area contributed by atoms with Gasteiger partial charge in [-0.25, -0.2) is 8.42 Å².